The number of para-hydroxylation sites is 1. The third-order valence-electron chi connectivity index (χ3n) is 6.05. The first kappa shape index (κ1) is 21.9. The number of nitrogens with zero attached hydrogens (tertiary/aromatic N) is 3. The number of aromatic nitrogens is 2. The van der Waals surface area contributed by atoms with Gasteiger partial charge in [0.2, 0.25) is 5.76 Å². The summed E-state index contributed by atoms with van der Waals surface area (Å²) in [6, 6.07) is 15.3. The van der Waals surface area contributed by atoms with Crippen molar-refractivity contribution in [2.45, 2.75) is 25.2 Å². The van der Waals surface area contributed by atoms with Crippen molar-refractivity contribution in [3.8, 4) is 17.0 Å². The van der Waals surface area contributed by atoms with Crippen LogP contribution in [0.4, 0.5) is 4.39 Å². The third kappa shape index (κ3) is 4.57. The molecule has 1 aliphatic heterocycles. The molecule has 0 unspecified atom stereocenters. The summed E-state index contributed by atoms with van der Waals surface area (Å²) in [5.41, 5.74) is 2.20. The standard InChI is InChI=1S/C26H24FN3O4/c1-32-23-7-3-2-5-18(23)13-21-15-28-25(33-21)19-6-4-12-30(16-19)26(31)24-14-22(29-34-24)17-8-10-20(27)11-9-17/h2-3,5,7-11,14-15,19H,4,6,12-13,16H2,1H3/t19-/m0/s1. The van der Waals surface area contributed by atoms with Gasteiger partial charge >= 0.3 is 0 Å². The molecule has 1 saturated heterocycles. The van der Waals surface area contributed by atoms with Gasteiger partial charge in [0, 0.05) is 36.7 Å². The van der Waals surface area contributed by atoms with Crippen molar-refractivity contribution in [2.75, 3.05) is 20.2 Å². The second-order valence-electron chi connectivity index (χ2n) is 8.33. The van der Waals surface area contributed by atoms with Gasteiger partial charge in [-0.3, -0.25) is 4.79 Å². The van der Waals surface area contributed by atoms with E-state index in [1.165, 1.54) is 12.1 Å². The van der Waals surface area contributed by atoms with Gasteiger partial charge in [0.15, 0.2) is 5.89 Å². The van der Waals surface area contributed by atoms with Crippen molar-refractivity contribution >= 4 is 5.91 Å². The number of rotatable bonds is 6. The zero-order valence-corrected chi connectivity index (χ0v) is 18.7. The van der Waals surface area contributed by atoms with Crippen LogP contribution in [-0.4, -0.2) is 41.1 Å². The van der Waals surface area contributed by atoms with Gasteiger partial charge in [-0.15, -0.1) is 0 Å². The van der Waals surface area contributed by atoms with Gasteiger partial charge in [-0.2, -0.15) is 0 Å². The molecule has 4 aromatic rings. The molecule has 7 nitrogen and oxygen atoms in total. The zero-order chi connectivity index (χ0) is 23.5. The van der Waals surface area contributed by atoms with E-state index in [2.05, 4.69) is 10.1 Å². The number of oxazole rings is 1. The second-order valence-corrected chi connectivity index (χ2v) is 8.33. The lowest BCUT2D eigenvalue weighted by Crippen LogP contribution is -2.39. The predicted molar refractivity (Wildman–Crippen MR) is 122 cm³/mol. The first-order chi connectivity index (χ1) is 16.6. The molecule has 2 aromatic carbocycles. The summed E-state index contributed by atoms with van der Waals surface area (Å²) in [6.45, 7) is 1.11. The van der Waals surface area contributed by atoms with Crippen molar-refractivity contribution in [1.29, 1.82) is 0 Å². The summed E-state index contributed by atoms with van der Waals surface area (Å²) in [5, 5.41) is 3.98. The summed E-state index contributed by atoms with van der Waals surface area (Å²) in [4.78, 5) is 19.3. The lowest BCUT2D eigenvalue weighted by Gasteiger charge is -2.30. The molecular weight excluding hydrogens is 437 g/mol. The summed E-state index contributed by atoms with van der Waals surface area (Å²) >= 11 is 0. The fourth-order valence-corrected chi connectivity index (χ4v) is 4.28. The summed E-state index contributed by atoms with van der Waals surface area (Å²) in [7, 11) is 1.65. The van der Waals surface area contributed by atoms with Crippen LogP contribution in [0.25, 0.3) is 11.3 Å². The molecule has 2 aromatic heterocycles. The molecule has 1 fully saturated rings. The lowest BCUT2D eigenvalue weighted by molar-refractivity contribution is 0.0656. The van der Waals surface area contributed by atoms with Gasteiger partial charge < -0.3 is 18.6 Å². The number of methoxy groups -OCH3 is 1. The minimum Gasteiger partial charge on any atom is -0.496 e. The highest BCUT2D eigenvalue weighted by atomic mass is 19.1. The molecule has 8 heteroatoms. The van der Waals surface area contributed by atoms with Crippen molar-refractivity contribution in [3.63, 3.8) is 0 Å². The van der Waals surface area contributed by atoms with Crippen LogP contribution in [0.15, 0.2) is 69.7 Å². The number of carbonyl (C=O) groups is 1. The smallest absolute Gasteiger partial charge is 0.292 e. The van der Waals surface area contributed by atoms with Crippen molar-refractivity contribution in [3.05, 3.63) is 89.6 Å². The fraction of sp³-hybridized carbons (Fsp3) is 0.269. The van der Waals surface area contributed by atoms with Gasteiger partial charge in [-0.25, -0.2) is 9.37 Å². The lowest BCUT2D eigenvalue weighted by atomic mass is 9.98. The van der Waals surface area contributed by atoms with E-state index in [1.54, 1.807) is 36.4 Å². The molecule has 0 bridgehead atoms. The molecule has 1 aliphatic rings. The number of piperidine rings is 1. The number of likely N-dealkylation sites (tertiary alicyclic amines) is 1. The Bertz CT molecular complexity index is 1280. The van der Waals surface area contributed by atoms with Crippen LogP contribution >= 0.6 is 0 Å². The van der Waals surface area contributed by atoms with Crippen molar-refractivity contribution < 1.29 is 22.9 Å². The van der Waals surface area contributed by atoms with E-state index in [0.717, 1.165) is 29.9 Å². The van der Waals surface area contributed by atoms with E-state index in [4.69, 9.17) is 13.7 Å². The number of halogens is 1. The van der Waals surface area contributed by atoms with Crippen LogP contribution in [0.5, 0.6) is 5.75 Å². The average molecular weight is 461 g/mol. The number of carbonyl (C=O) groups excluding carboxylic acids is 1. The second kappa shape index (κ2) is 9.51. The van der Waals surface area contributed by atoms with E-state index in [-0.39, 0.29) is 23.4 Å². The molecule has 0 saturated carbocycles. The quantitative estimate of drug-likeness (QED) is 0.398. The molecule has 34 heavy (non-hydrogen) atoms. The number of hydrogen-bond acceptors (Lipinski definition) is 6. The van der Waals surface area contributed by atoms with Crippen LogP contribution in [0.1, 0.15) is 46.5 Å². The van der Waals surface area contributed by atoms with E-state index in [1.807, 2.05) is 24.3 Å². The largest absolute Gasteiger partial charge is 0.496 e. The van der Waals surface area contributed by atoms with Crippen molar-refractivity contribution in [2.24, 2.45) is 0 Å². The monoisotopic (exact) mass is 461 g/mol. The van der Waals surface area contributed by atoms with Crippen LogP contribution in [-0.2, 0) is 6.42 Å². The predicted octanol–water partition coefficient (Wildman–Crippen LogP) is 5.09. The minimum absolute atomic E-state index is 0.00334. The van der Waals surface area contributed by atoms with E-state index in [0.29, 0.717) is 36.7 Å². The highest BCUT2D eigenvalue weighted by Gasteiger charge is 2.30. The molecule has 0 N–H and O–H groups in total. The summed E-state index contributed by atoms with van der Waals surface area (Å²) in [5.74, 6) is 1.79. The Morgan fingerprint density at radius 1 is 1.21 bits per heavy atom. The molecular formula is C26H24FN3O4. The van der Waals surface area contributed by atoms with Crippen LogP contribution in [0.3, 0.4) is 0 Å². The Hall–Kier alpha value is -3.94. The molecule has 3 heterocycles. The number of amides is 1. The molecule has 1 atom stereocenters. The van der Waals surface area contributed by atoms with E-state index < -0.39 is 0 Å². The minimum atomic E-state index is -0.333. The molecule has 0 radical (unpaired) electrons. The Balaban J connectivity index is 1.26. The number of benzene rings is 2. The maximum absolute atomic E-state index is 13.2. The van der Waals surface area contributed by atoms with Crippen LogP contribution in [0.2, 0.25) is 0 Å². The van der Waals surface area contributed by atoms with E-state index >= 15 is 0 Å². The van der Waals surface area contributed by atoms with Gasteiger partial charge in [0.25, 0.3) is 5.91 Å². The van der Waals surface area contributed by atoms with Gasteiger partial charge in [0.1, 0.15) is 23.0 Å². The Morgan fingerprint density at radius 3 is 2.85 bits per heavy atom. The SMILES string of the molecule is COc1ccccc1Cc1cnc([C@H]2CCCN(C(=O)c3cc(-c4ccc(F)cc4)no3)C2)o1. The maximum atomic E-state index is 13.2. The topological polar surface area (TPSA) is 81.6 Å². The molecule has 1 amide bonds. The number of hydrogen-bond donors (Lipinski definition) is 0. The Morgan fingerprint density at radius 2 is 2.03 bits per heavy atom. The Kier molecular flexibility index (Phi) is 6.12. The Labute approximate surface area is 196 Å². The molecule has 0 aliphatic carbocycles. The first-order valence-electron chi connectivity index (χ1n) is 11.2. The molecule has 174 valence electrons. The third-order valence-corrected chi connectivity index (χ3v) is 6.05. The maximum Gasteiger partial charge on any atom is 0.292 e. The summed E-state index contributed by atoms with van der Waals surface area (Å²) < 4.78 is 30.0. The number of ether oxygens (including phenoxy) is 1. The molecule has 0 spiro atoms. The van der Waals surface area contributed by atoms with Crippen LogP contribution < -0.4 is 4.74 Å². The molecule has 5 rings (SSSR count). The fourth-order valence-electron chi connectivity index (χ4n) is 4.28. The van der Waals surface area contributed by atoms with Gasteiger partial charge in [-0.1, -0.05) is 23.4 Å². The normalized spacial score (nSPS) is 15.9. The zero-order valence-electron chi connectivity index (χ0n) is 18.7. The summed E-state index contributed by atoms with van der Waals surface area (Å²) in [6.07, 6.45) is 4.04. The average Bonchev–Trinajstić information content (AvgIpc) is 3.55. The van der Waals surface area contributed by atoms with Gasteiger partial charge in [0.05, 0.1) is 19.2 Å². The van der Waals surface area contributed by atoms with E-state index in [9.17, 15) is 9.18 Å². The first-order valence-corrected chi connectivity index (χ1v) is 11.2. The highest BCUT2D eigenvalue weighted by Crippen LogP contribution is 2.29. The van der Waals surface area contributed by atoms with Crippen LogP contribution in [0, 0.1) is 5.82 Å². The van der Waals surface area contributed by atoms with Crippen molar-refractivity contribution in [1.82, 2.24) is 15.0 Å². The van der Waals surface area contributed by atoms with Gasteiger partial charge in [-0.05, 0) is 43.2 Å². The highest BCUT2D eigenvalue weighted by molar-refractivity contribution is 5.92.